The Hall–Kier alpha value is -2.54. The van der Waals surface area contributed by atoms with E-state index in [1.54, 1.807) is 0 Å². The molecular formula is C17H18N4. The van der Waals surface area contributed by atoms with E-state index in [1.807, 2.05) is 41.7 Å². The number of aromatic nitrogens is 2. The highest BCUT2D eigenvalue weighted by molar-refractivity contribution is 5.85. The molecule has 0 bridgehead atoms. The van der Waals surface area contributed by atoms with Crippen molar-refractivity contribution in [3.05, 3.63) is 41.5 Å². The number of pyridine rings is 1. The standard InChI is InChI=1S/C17H18N4/c1-4-12(3)19-16-9-11(2)13(10-18)17-20-14-7-5-6-8-15(14)21(16)17/h5-9,12,19H,4H2,1-3H3/t12-/m0/s1. The molecule has 0 aliphatic rings. The lowest BCUT2D eigenvalue weighted by atomic mass is 10.1. The van der Waals surface area contributed by atoms with Crippen LogP contribution in [0.1, 0.15) is 31.4 Å². The van der Waals surface area contributed by atoms with Crippen molar-refractivity contribution in [3.63, 3.8) is 0 Å². The van der Waals surface area contributed by atoms with Gasteiger partial charge in [-0.25, -0.2) is 4.98 Å². The summed E-state index contributed by atoms with van der Waals surface area (Å²) in [6.07, 6.45) is 1.03. The fourth-order valence-electron chi connectivity index (χ4n) is 2.55. The van der Waals surface area contributed by atoms with Crippen molar-refractivity contribution in [2.24, 2.45) is 0 Å². The third-order valence-electron chi connectivity index (χ3n) is 3.89. The number of anilines is 1. The van der Waals surface area contributed by atoms with Gasteiger partial charge in [-0.15, -0.1) is 0 Å². The zero-order valence-corrected chi connectivity index (χ0v) is 12.5. The second-order valence-corrected chi connectivity index (χ2v) is 5.41. The first-order valence-corrected chi connectivity index (χ1v) is 7.23. The summed E-state index contributed by atoms with van der Waals surface area (Å²) >= 11 is 0. The van der Waals surface area contributed by atoms with Crippen molar-refractivity contribution in [1.29, 1.82) is 5.26 Å². The number of nitriles is 1. The molecule has 1 aromatic carbocycles. The van der Waals surface area contributed by atoms with E-state index in [0.717, 1.165) is 34.5 Å². The largest absolute Gasteiger partial charge is 0.369 e. The highest BCUT2D eigenvalue weighted by Gasteiger charge is 2.15. The molecule has 3 rings (SSSR count). The number of nitrogens with one attached hydrogen (secondary N) is 1. The number of hydrogen-bond donors (Lipinski definition) is 1. The van der Waals surface area contributed by atoms with Crippen LogP contribution < -0.4 is 5.32 Å². The number of aryl methyl sites for hydroxylation is 1. The second-order valence-electron chi connectivity index (χ2n) is 5.41. The average molecular weight is 278 g/mol. The maximum atomic E-state index is 9.44. The molecule has 0 unspecified atom stereocenters. The van der Waals surface area contributed by atoms with Gasteiger partial charge in [0, 0.05) is 6.04 Å². The number of nitrogens with zero attached hydrogens (tertiary/aromatic N) is 3. The summed E-state index contributed by atoms with van der Waals surface area (Å²) in [6.45, 7) is 6.26. The van der Waals surface area contributed by atoms with Crippen LogP contribution in [0.5, 0.6) is 0 Å². The van der Waals surface area contributed by atoms with Gasteiger partial charge in [0.05, 0.1) is 16.6 Å². The summed E-state index contributed by atoms with van der Waals surface area (Å²) in [4.78, 5) is 4.64. The molecule has 4 nitrogen and oxygen atoms in total. The van der Waals surface area contributed by atoms with Gasteiger partial charge in [-0.3, -0.25) is 4.40 Å². The molecule has 2 aromatic heterocycles. The van der Waals surface area contributed by atoms with Crippen LogP contribution in [-0.2, 0) is 0 Å². The summed E-state index contributed by atoms with van der Waals surface area (Å²) in [5, 5.41) is 13.0. The van der Waals surface area contributed by atoms with E-state index < -0.39 is 0 Å². The lowest BCUT2D eigenvalue weighted by Crippen LogP contribution is -2.16. The van der Waals surface area contributed by atoms with E-state index in [2.05, 4.69) is 30.2 Å². The molecule has 1 atom stereocenters. The monoisotopic (exact) mass is 278 g/mol. The Bertz CT molecular complexity index is 854. The predicted octanol–water partition coefficient (Wildman–Crippen LogP) is 3.88. The molecule has 0 aliphatic carbocycles. The maximum absolute atomic E-state index is 9.44. The van der Waals surface area contributed by atoms with E-state index in [4.69, 9.17) is 0 Å². The van der Waals surface area contributed by atoms with E-state index in [9.17, 15) is 5.26 Å². The first-order chi connectivity index (χ1) is 10.2. The van der Waals surface area contributed by atoms with Gasteiger partial charge < -0.3 is 5.32 Å². The van der Waals surface area contributed by atoms with Crippen LogP contribution in [0.25, 0.3) is 16.7 Å². The normalized spacial score (nSPS) is 12.5. The second kappa shape index (κ2) is 5.10. The van der Waals surface area contributed by atoms with Gasteiger partial charge in [-0.2, -0.15) is 5.26 Å². The van der Waals surface area contributed by atoms with E-state index >= 15 is 0 Å². The molecule has 2 heterocycles. The molecule has 0 fully saturated rings. The van der Waals surface area contributed by atoms with Crippen LogP contribution >= 0.6 is 0 Å². The SMILES string of the molecule is CC[C@H](C)Nc1cc(C)c(C#N)c2nc3ccccc3n12. The van der Waals surface area contributed by atoms with Crippen LogP contribution in [0.4, 0.5) is 5.82 Å². The van der Waals surface area contributed by atoms with Crippen LogP contribution in [0.3, 0.4) is 0 Å². The lowest BCUT2D eigenvalue weighted by molar-refractivity contribution is 0.757. The van der Waals surface area contributed by atoms with Crippen molar-refractivity contribution in [2.75, 3.05) is 5.32 Å². The van der Waals surface area contributed by atoms with E-state index in [1.165, 1.54) is 0 Å². The zero-order chi connectivity index (χ0) is 15.0. The van der Waals surface area contributed by atoms with Gasteiger partial charge in [0.15, 0.2) is 5.65 Å². The Morgan fingerprint density at radius 3 is 2.86 bits per heavy atom. The first-order valence-electron chi connectivity index (χ1n) is 7.23. The predicted molar refractivity (Wildman–Crippen MR) is 85.5 cm³/mol. The fraction of sp³-hybridized carbons (Fsp3) is 0.294. The molecule has 0 amide bonds. The Kier molecular flexibility index (Phi) is 3.26. The molecule has 0 spiro atoms. The number of benzene rings is 1. The van der Waals surface area contributed by atoms with Gasteiger partial charge in [-0.1, -0.05) is 19.1 Å². The van der Waals surface area contributed by atoms with Gasteiger partial charge >= 0.3 is 0 Å². The third kappa shape index (κ3) is 2.11. The Labute approximate surface area is 124 Å². The Balaban J connectivity index is 2.39. The van der Waals surface area contributed by atoms with Gasteiger partial charge in [-0.05, 0) is 44.0 Å². The third-order valence-corrected chi connectivity index (χ3v) is 3.89. The number of imidazole rings is 1. The molecule has 4 heteroatoms. The summed E-state index contributed by atoms with van der Waals surface area (Å²) in [5.74, 6) is 0.990. The summed E-state index contributed by atoms with van der Waals surface area (Å²) < 4.78 is 2.05. The van der Waals surface area contributed by atoms with Gasteiger partial charge in [0.2, 0.25) is 0 Å². The molecule has 0 saturated carbocycles. The highest BCUT2D eigenvalue weighted by Crippen LogP contribution is 2.27. The molecule has 106 valence electrons. The molecule has 0 aliphatic heterocycles. The van der Waals surface area contributed by atoms with Crippen molar-refractivity contribution in [1.82, 2.24) is 9.38 Å². The number of hydrogen-bond acceptors (Lipinski definition) is 3. The van der Waals surface area contributed by atoms with Crippen molar-refractivity contribution < 1.29 is 0 Å². The summed E-state index contributed by atoms with van der Waals surface area (Å²) in [6, 6.07) is 12.7. The van der Waals surface area contributed by atoms with Crippen LogP contribution in [-0.4, -0.2) is 15.4 Å². The molecule has 3 aromatic rings. The number of fused-ring (bicyclic) bond motifs is 3. The molecule has 0 saturated heterocycles. The topological polar surface area (TPSA) is 53.1 Å². The fourth-order valence-corrected chi connectivity index (χ4v) is 2.55. The molecule has 0 radical (unpaired) electrons. The van der Waals surface area contributed by atoms with E-state index in [-0.39, 0.29) is 0 Å². The highest BCUT2D eigenvalue weighted by atomic mass is 15.1. The molecule has 21 heavy (non-hydrogen) atoms. The zero-order valence-electron chi connectivity index (χ0n) is 12.5. The Morgan fingerprint density at radius 2 is 2.14 bits per heavy atom. The number of para-hydroxylation sites is 2. The van der Waals surface area contributed by atoms with Crippen molar-refractivity contribution >= 4 is 22.5 Å². The summed E-state index contributed by atoms with van der Waals surface area (Å²) in [7, 11) is 0. The van der Waals surface area contributed by atoms with Gasteiger partial charge in [0.25, 0.3) is 0 Å². The number of rotatable bonds is 3. The van der Waals surface area contributed by atoms with E-state index in [0.29, 0.717) is 11.6 Å². The maximum Gasteiger partial charge on any atom is 0.157 e. The minimum Gasteiger partial charge on any atom is -0.369 e. The Morgan fingerprint density at radius 1 is 1.38 bits per heavy atom. The lowest BCUT2D eigenvalue weighted by Gasteiger charge is -2.16. The molecule has 1 N–H and O–H groups in total. The summed E-state index contributed by atoms with van der Waals surface area (Å²) in [5.41, 5.74) is 4.25. The minimum absolute atomic E-state index is 0.363. The minimum atomic E-state index is 0.363. The van der Waals surface area contributed by atoms with Crippen molar-refractivity contribution in [2.45, 2.75) is 33.2 Å². The van der Waals surface area contributed by atoms with Crippen LogP contribution in [0.15, 0.2) is 30.3 Å². The quantitative estimate of drug-likeness (QED) is 0.791. The van der Waals surface area contributed by atoms with Crippen LogP contribution in [0.2, 0.25) is 0 Å². The first kappa shape index (κ1) is 13.4. The van der Waals surface area contributed by atoms with Crippen molar-refractivity contribution in [3.8, 4) is 6.07 Å². The molecular weight excluding hydrogens is 260 g/mol. The van der Waals surface area contributed by atoms with Crippen LogP contribution in [0, 0.1) is 18.3 Å². The smallest absolute Gasteiger partial charge is 0.157 e. The average Bonchev–Trinajstić information content (AvgIpc) is 2.86. The van der Waals surface area contributed by atoms with Gasteiger partial charge in [0.1, 0.15) is 11.9 Å².